The molecule has 5 rings (SSSR count). The number of aromatic nitrogens is 3. The number of hydrogen-bond acceptors (Lipinski definition) is 4. The van der Waals surface area contributed by atoms with Crippen LogP contribution in [0.2, 0.25) is 0 Å². The number of methoxy groups -OCH3 is 1. The number of likely N-dealkylation sites (tertiary alicyclic amines) is 1. The van der Waals surface area contributed by atoms with E-state index in [0.717, 1.165) is 25.4 Å². The second kappa shape index (κ2) is 6.13. The first-order valence-electron chi connectivity index (χ1n) is 9.62. The molecular formula is C20H26N4O. The van der Waals surface area contributed by atoms with Crippen LogP contribution in [0.1, 0.15) is 67.2 Å². The molecule has 5 nitrogen and oxygen atoms in total. The summed E-state index contributed by atoms with van der Waals surface area (Å²) in [5, 5.41) is 9.13. The summed E-state index contributed by atoms with van der Waals surface area (Å²) in [5.41, 5.74) is 1.42. The minimum atomic E-state index is 0.617. The van der Waals surface area contributed by atoms with Crippen molar-refractivity contribution in [2.24, 2.45) is 0 Å². The predicted octanol–water partition coefficient (Wildman–Crippen LogP) is 3.49. The molecule has 0 N–H and O–H groups in total. The molecule has 1 aromatic carbocycles. The van der Waals surface area contributed by atoms with Gasteiger partial charge in [-0.25, -0.2) is 0 Å². The fourth-order valence-electron chi connectivity index (χ4n) is 4.12. The molecule has 3 fully saturated rings. The van der Waals surface area contributed by atoms with Crippen molar-refractivity contribution in [2.75, 3.05) is 20.2 Å². The average Bonchev–Trinajstić information content (AvgIpc) is 3.58. The fourth-order valence-corrected chi connectivity index (χ4v) is 4.12. The molecule has 0 bridgehead atoms. The van der Waals surface area contributed by atoms with Crippen LogP contribution >= 0.6 is 0 Å². The monoisotopic (exact) mass is 338 g/mol. The lowest BCUT2D eigenvalue weighted by Gasteiger charge is -2.17. The molecule has 0 spiro atoms. The fraction of sp³-hybridized carbons (Fsp3) is 0.600. The number of benzene rings is 1. The van der Waals surface area contributed by atoms with Gasteiger partial charge in [0.05, 0.1) is 13.7 Å². The van der Waals surface area contributed by atoms with Crippen molar-refractivity contribution in [2.45, 2.75) is 56.5 Å². The molecular weight excluding hydrogens is 312 g/mol. The lowest BCUT2D eigenvalue weighted by Crippen LogP contribution is -2.22. The predicted molar refractivity (Wildman–Crippen MR) is 95.9 cm³/mol. The van der Waals surface area contributed by atoms with Crippen LogP contribution in [0.3, 0.4) is 0 Å². The summed E-state index contributed by atoms with van der Waals surface area (Å²) in [6.45, 7) is 3.21. The largest absolute Gasteiger partial charge is 0.497 e. The van der Waals surface area contributed by atoms with Gasteiger partial charge in [-0.3, -0.25) is 4.90 Å². The summed E-state index contributed by atoms with van der Waals surface area (Å²) in [4.78, 5) is 2.55. The van der Waals surface area contributed by atoms with Crippen LogP contribution in [0.25, 0.3) is 0 Å². The molecule has 0 radical (unpaired) electrons. The van der Waals surface area contributed by atoms with E-state index in [1.807, 2.05) is 0 Å². The van der Waals surface area contributed by atoms with E-state index in [9.17, 15) is 0 Å². The van der Waals surface area contributed by atoms with Gasteiger partial charge in [0, 0.05) is 18.5 Å². The number of hydrogen-bond donors (Lipinski definition) is 0. The maximum atomic E-state index is 5.27. The molecule has 1 saturated heterocycles. The Morgan fingerprint density at radius 3 is 2.48 bits per heavy atom. The van der Waals surface area contributed by atoms with Gasteiger partial charge in [0.1, 0.15) is 17.4 Å². The summed E-state index contributed by atoms with van der Waals surface area (Å²) in [5.74, 6) is 4.70. The molecule has 0 unspecified atom stereocenters. The number of ether oxygens (including phenoxy) is 1. The third-order valence-electron chi connectivity index (χ3n) is 5.87. The second-order valence-electron chi connectivity index (χ2n) is 7.84. The average molecular weight is 338 g/mol. The smallest absolute Gasteiger partial charge is 0.147 e. The summed E-state index contributed by atoms with van der Waals surface area (Å²) in [6.07, 6.45) is 6.43. The maximum absolute atomic E-state index is 5.27. The number of nitrogens with zero attached hydrogens (tertiary/aromatic N) is 4. The van der Waals surface area contributed by atoms with Gasteiger partial charge in [-0.2, -0.15) is 0 Å². The highest BCUT2D eigenvalue weighted by atomic mass is 16.5. The third kappa shape index (κ3) is 3.06. The first kappa shape index (κ1) is 15.4. The van der Waals surface area contributed by atoms with Crippen LogP contribution in [-0.2, 0) is 6.54 Å². The van der Waals surface area contributed by atoms with Gasteiger partial charge in [0.15, 0.2) is 0 Å². The third-order valence-corrected chi connectivity index (χ3v) is 5.87. The van der Waals surface area contributed by atoms with Crippen molar-refractivity contribution in [1.82, 2.24) is 19.7 Å². The SMILES string of the molecule is COc1ccc([C@H]2CCN(Cc3nnc(C4CC4)n3C3CC3)C2)cc1. The van der Waals surface area contributed by atoms with E-state index in [4.69, 9.17) is 4.74 Å². The van der Waals surface area contributed by atoms with Crippen LogP contribution in [0.15, 0.2) is 24.3 Å². The van der Waals surface area contributed by atoms with E-state index >= 15 is 0 Å². The van der Waals surface area contributed by atoms with Gasteiger partial charge < -0.3 is 9.30 Å². The summed E-state index contributed by atoms with van der Waals surface area (Å²) >= 11 is 0. The van der Waals surface area contributed by atoms with Gasteiger partial charge in [-0.15, -0.1) is 10.2 Å². The highest BCUT2D eigenvalue weighted by molar-refractivity contribution is 5.30. The van der Waals surface area contributed by atoms with Crippen molar-refractivity contribution >= 4 is 0 Å². The zero-order valence-corrected chi connectivity index (χ0v) is 14.9. The first-order chi connectivity index (χ1) is 12.3. The Kier molecular flexibility index (Phi) is 3.77. The van der Waals surface area contributed by atoms with E-state index in [2.05, 4.69) is 43.9 Å². The Morgan fingerprint density at radius 1 is 1.00 bits per heavy atom. The zero-order valence-electron chi connectivity index (χ0n) is 14.9. The molecule has 2 saturated carbocycles. The molecule has 1 aliphatic heterocycles. The molecule has 25 heavy (non-hydrogen) atoms. The van der Waals surface area contributed by atoms with Crippen molar-refractivity contribution in [3.63, 3.8) is 0 Å². The molecule has 5 heteroatoms. The van der Waals surface area contributed by atoms with Gasteiger partial charge in [-0.1, -0.05) is 12.1 Å². The zero-order chi connectivity index (χ0) is 16.8. The van der Waals surface area contributed by atoms with Gasteiger partial charge in [0.25, 0.3) is 0 Å². The van der Waals surface area contributed by atoms with Gasteiger partial charge >= 0.3 is 0 Å². The van der Waals surface area contributed by atoms with Gasteiger partial charge in [0.2, 0.25) is 0 Å². The standard InChI is InChI=1S/C20H26N4O/c1-25-18-8-4-14(5-9-18)16-10-11-23(12-16)13-19-21-22-20(15-2-3-15)24(19)17-6-7-17/h4-5,8-9,15-17H,2-3,6-7,10-13H2,1H3/t16-/m0/s1. The molecule has 1 aromatic heterocycles. The Morgan fingerprint density at radius 2 is 1.80 bits per heavy atom. The minimum Gasteiger partial charge on any atom is -0.497 e. The minimum absolute atomic E-state index is 0.617. The Hall–Kier alpha value is -1.88. The first-order valence-corrected chi connectivity index (χ1v) is 9.62. The van der Waals surface area contributed by atoms with E-state index in [1.165, 1.54) is 49.3 Å². The highest BCUT2D eigenvalue weighted by Crippen LogP contribution is 2.45. The normalized spacial score (nSPS) is 24.0. The van der Waals surface area contributed by atoms with E-state index in [-0.39, 0.29) is 0 Å². The lowest BCUT2D eigenvalue weighted by molar-refractivity contribution is 0.311. The van der Waals surface area contributed by atoms with Crippen LogP contribution in [0, 0.1) is 0 Å². The summed E-state index contributed by atoms with van der Waals surface area (Å²) < 4.78 is 7.76. The Bertz CT molecular complexity index is 746. The molecule has 3 aliphatic rings. The van der Waals surface area contributed by atoms with Crippen LogP contribution in [0.4, 0.5) is 0 Å². The van der Waals surface area contributed by atoms with E-state index in [1.54, 1.807) is 7.11 Å². The Labute approximate surface area is 149 Å². The maximum Gasteiger partial charge on any atom is 0.147 e. The van der Waals surface area contributed by atoms with Crippen molar-refractivity contribution < 1.29 is 4.74 Å². The summed E-state index contributed by atoms with van der Waals surface area (Å²) in [6, 6.07) is 9.25. The highest BCUT2D eigenvalue weighted by Gasteiger charge is 2.37. The van der Waals surface area contributed by atoms with E-state index in [0.29, 0.717) is 17.9 Å². The van der Waals surface area contributed by atoms with Crippen LogP contribution in [0.5, 0.6) is 5.75 Å². The van der Waals surface area contributed by atoms with Crippen molar-refractivity contribution in [3.8, 4) is 5.75 Å². The molecule has 0 amide bonds. The van der Waals surface area contributed by atoms with Crippen molar-refractivity contribution in [1.29, 1.82) is 0 Å². The van der Waals surface area contributed by atoms with Crippen LogP contribution < -0.4 is 4.74 Å². The Balaban J connectivity index is 1.28. The number of rotatable bonds is 6. The van der Waals surface area contributed by atoms with Crippen LogP contribution in [-0.4, -0.2) is 39.9 Å². The van der Waals surface area contributed by atoms with E-state index < -0.39 is 0 Å². The molecule has 2 aromatic rings. The lowest BCUT2D eigenvalue weighted by atomic mass is 9.98. The summed E-state index contributed by atoms with van der Waals surface area (Å²) in [7, 11) is 1.72. The quantitative estimate of drug-likeness (QED) is 0.809. The molecule has 2 heterocycles. The second-order valence-corrected chi connectivity index (χ2v) is 7.84. The molecule has 2 aliphatic carbocycles. The molecule has 1 atom stereocenters. The topological polar surface area (TPSA) is 43.2 Å². The van der Waals surface area contributed by atoms with Gasteiger partial charge in [-0.05, 0) is 62.3 Å². The van der Waals surface area contributed by atoms with Crippen molar-refractivity contribution in [3.05, 3.63) is 41.5 Å². The molecule has 132 valence electrons.